The first-order valence-electron chi connectivity index (χ1n) is 9.40. The molecule has 4 fully saturated rings. The van der Waals surface area contributed by atoms with E-state index in [0.717, 1.165) is 38.5 Å². The Labute approximate surface area is 134 Å². The lowest BCUT2D eigenvalue weighted by atomic mass is 9.44. The number of fused-ring (bicyclic) bond motifs is 5. The van der Waals surface area contributed by atoms with Crippen LogP contribution in [0.1, 0.15) is 65.2 Å². The van der Waals surface area contributed by atoms with Crippen molar-refractivity contribution >= 4 is 0 Å². The highest BCUT2D eigenvalue weighted by Gasteiger charge is 2.62. The van der Waals surface area contributed by atoms with E-state index in [-0.39, 0.29) is 35.1 Å². The second-order valence-corrected chi connectivity index (χ2v) is 9.37. The summed E-state index contributed by atoms with van der Waals surface area (Å²) in [5.74, 6) is 1.99. The Kier molecular flexibility index (Phi) is 3.46. The Bertz CT molecular complexity index is 452. The van der Waals surface area contributed by atoms with Gasteiger partial charge in [0.05, 0.1) is 18.3 Å². The maximum atomic E-state index is 10.9. The fourth-order valence-corrected chi connectivity index (χ4v) is 7.21. The zero-order chi connectivity index (χ0) is 15.7. The summed E-state index contributed by atoms with van der Waals surface area (Å²) in [4.78, 5) is 0. The summed E-state index contributed by atoms with van der Waals surface area (Å²) in [6.45, 7) is 4.63. The van der Waals surface area contributed by atoms with Crippen molar-refractivity contribution < 1.29 is 15.3 Å². The van der Waals surface area contributed by atoms with Gasteiger partial charge in [-0.1, -0.05) is 13.8 Å². The van der Waals surface area contributed by atoms with Crippen LogP contribution in [0.5, 0.6) is 0 Å². The van der Waals surface area contributed by atoms with Crippen LogP contribution in [0, 0.1) is 34.5 Å². The van der Waals surface area contributed by atoms with Gasteiger partial charge in [0.25, 0.3) is 0 Å². The lowest BCUT2D eigenvalue weighted by Gasteiger charge is -2.61. The monoisotopic (exact) mass is 308 g/mol. The van der Waals surface area contributed by atoms with Gasteiger partial charge < -0.3 is 15.3 Å². The van der Waals surface area contributed by atoms with Crippen molar-refractivity contribution in [3.8, 4) is 0 Å². The molecule has 3 nitrogen and oxygen atoms in total. The van der Waals surface area contributed by atoms with Gasteiger partial charge in [-0.15, -0.1) is 0 Å². The topological polar surface area (TPSA) is 60.7 Å². The molecule has 0 aromatic rings. The van der Waals surface area contributed by atoms with E-state index in [2.05, 4.69) is 13.8 Å². The summed E-state index contributed by atoms with van der Waals surface area (Å²) >= 11 is 0. The molecule has 4 saturated carbocycles. The minimum Gasteiger partial charge on any atom is -0.393 e. The van der Waals surface area contributed by atoms with E-state index < -0.39 is 0 Å². The maximum Gasteiger partial charge on any atom is 0.0600 e. The molecule has 0 spiro atoms. The van der Waals surface area contributed by atoms with Crippen molar-refractivity contribution in [1.82, 2.24) is 0 Å². The summed E-state index contributed by atoms with van der Waals surface area (Å²) in [5, 5.41) is 31.6. The van der Waals surface area contributed by atoms with E-state index >= 15 is 0 Å². The number of aliphatic hydroxyl groups excluding tert-OH is 3. The zero-order valence-electron chi connectivity index (χ0n) is 14.0. The molecule has 4 rings (SSSR count). The van der Waals surface area contributed by atoms with Gasteiger partial charge in [-0.3, -0.25) is 0 Å². The minimum absolute atomic E-state index is 0.0715. The molecule has 4 aliphatic rings. The fraction of sp³-hybridized carbons (Fsp3) is 1.00. The Hall–Kier alpha value is -0.120. The molecule has 0 radical (unpaired) electrons. The third kappa shape index (κ3) is 1.91. The molecule has 0 heterocycles. The lowest BCUT2D eigenvalue weighted by Crippen LogP contribution is -2.58. The van der Waals surface area contributed by atoms with Gasteiger partial charge in [0.1, 0.15) is 0 Å². The van der Waals surface area contributed by atoms with Gasteiger partial charge in [-0.05, 0) is 85.9 Å². The SMILES string of the molecule is C[C@]12CC[C@@H](O)C[C@@H]1CC[C@H]1[C@H]3[C@@H](O)CC[C@]3(C)[C@@H](O)C[C@H]12. The molecule has 0 aliphatic heterocycles. The van der Waals surface area contributed by atoms with E-state index in [1.807, 2.05) is 0 Å². The van der Waals surface area contributed by atoms with Gasteiger partial charge in [0.2, 0.25) is 0 Å². The quantitative estimate of drug-likeness (QED) is 0.645. The first kappa shape index (κ1) is 15.4. The summed E-state index contributed by atoms with van der Waals surface area (Å²) in [6, 6.07) is 0. The molecular formula is C19H32O3. The predicted octanol–water partition coefficient (Wildman–Crippen LogP) is 2.72. The third-order valence-electron chi connectivity index (χ3n) is 8.57. The average Bonchev–Trinajstić information content (AvgIpc) is 2.79. The Balaban J connectivity index is 1.68. The minimum atomic E-state index is -0.265. The largest absolute Gasteiger partial charge is 0.393 e. The maximum absolute atomic E-state index is 10.9. The molecule has 0 saturated heterocycles. The second kappa shape index (κ2) is 4.94. The van der Waals surface area contributed by atoms with Gasteiger partial charge in [0.15, 0.2) is 0 Å². The van der Waals surface area contributed by atoms with Gasteiger partial charge >= 0.3 is 0 Å². The summed E-state index contributed by atoms with van der Waals surface area (Å²) in [5.41, 5.74) is 0.185. The third-order valence-corrected chi connectivity index (χ3v) is 8.57. The van der Waals surface area contributed by atoms with E-state index in [1.165, 1.54) is 12.8 Å². The van der Waals surface area contributed by atoms with Gasteiger partial charge in [0, 0.05) is 0 Å². The number of aliphatic hydroxyl groups is 3. The van der Waals surface area contributed by atoms with Crippen LogP contribution in [0.2, 0.25) is 0 Å². The fourth-order valence-electron chi connectivity index (χ4n) is 7.21. The first-order valence-corrected chi connectivity index (χ1v) is 9.40. The molecule has 0 amide bonds. The summed E-state index contributed by atoms with van der Waals surface area (Å²) < 4.78 is 0. The highest BCUT2D eigenvalue weighted by Crippen LogP contribution is 2.66. The van der Waals surface area contributed by atoms with Crippen LogP contribution in [0.4, 0.5) is 0 Å². The van der Waals surface area contributed by atoms with E-state index in [4.69, 9.17) is 0 Å². The van der Waals surface area contributed by atoms with Crippen LogP contribution in [-0.4, -0.2) is 33.6 Å². The molecule has 0 aromatic carbocycles. The van der Waals surface area contributed by atoms with E-state index in [0.29, 0.717) is 17.8 Å². The molecule has 9 atom stereocenters. The summed E-state index contributed by atoms with van der Waals surface area (Å²) in [7, 11) is 0. The molecule has 0 aromatic heterocycles. The summed E-state index contributed by atoms with van der Waals surface area (Å²) in [6.07, 6.45) is 7.47. The lowest BCUT2D eigenvalue weighted by molar-refractivity contribution is -0.174. The highest BCUT2D eigenvalue weighted by atomic mass is 16.3. The van der Waals surface area contributed by atoms with Crippen LogP contribution in [-0.2, 0) is 0 Å². The van der Waals surface area contributed by atoms with Crippen molar-refractivity contribution in [2.45, 2.75) is 83.5 Å². The average molecular weight is 308 g/mol. The molecule has 0 unspecified atom stereocenters. The van der Waals surface area contributed by atoms with Crippen LogP contribution in [0.25, 0.3) is 0 Å². The Morgan fingerprint density at radius 3 is 2.32 bits per heavy atom. The molecule has 0 bridgehead atoms. The molecule has 22 heavy (non-hydrogen) atoms. The molecule has 126 valence electrons. The van der Waals surface area contributed by atoms with Crippen molar-refractivity contribution in [3.63, 3.8) is 0 Å². The van der Waals surface area contributed by atoms with Gasteiger partial charge in [-0.2, -0.15) is 0 Å². The van der Waals surface area contributed by atoms with E-state index in [1.54, 1.807) is 0 Å². The van der Waals surface area contributed by atoms with Crippen LogP contribution >= 0.6 is 0 Å². The van der Waals surface area contributed by atoms with Gasteiger partial charge in [-0.25, -0.2) is 0 Å². The number of rotatable bonds is 0. The van der Waals surface area contributed by atoms with Crippen LogP contribution in [0.3, 0.4) is 0 Å². The molecule has 3 N–H and O–H groups in total. The smallest absolute Gasteiger partial charge is 0.0600 e. The second-order valence-electron chi connectivity index (χ2n) is 9.37. The van der Waals surface area contributed by atoms with Crippen molar-refractivity contribution in [2.75, 3.05) is 0 Å². The molecular weight excluding hydrogens is 276 g/mol. The predicted molar refractivity (Wildman–Crippen MR) is 85.1 cm³/mol. The first-order chi connectivity index (χ1) is 10.4. The number of hydrogen-bond acceptors (Lipinski definition) is 3. The normalized spacial score (nSPS) is 61.2. The standard InChI is InChI=1S/C19H32O3/c1-18-7-5-12(20)9-11(18)3-4-13-14(18)10-16(22)19(2)8-6-15(21)17(13)19/h11-17,20-22H,3-10H2,1-2H3/t11-,12+,13+,14+,15-,16-,17-,18-,19+/m0/s1. The molecule has 3 heteroatoms. The Morgan fingerprint density at radius 1 is 0.818 bits per heavy atom. The van der Waals surface area contributed by atoms with E-state index in [9.17, 15) is 15.3 Å². The van der Waals surface area contributed by atoms with Crippen molar-refractivity contribution in [1.29, 1.82) is 0 Å². The zero-order valence-corrected chi connectivity index (χ0v) is 14.0. The van der Waals surface area contributed by atoms with Crippen molar-refractivity contribution in [2.24, 2.45) is 34.5 Å². The molecule has 4 aliphatic carbocycles. The Morgan fingerprint density at radius 2 is 1.55 bits per heavy atom. The van der Waals surface area contributed by atoms with Crippen LogP contribution < -0.4 is 0 Å². The van der Waals surface area contributed by atoms with Crippen molar-refractivity contribution in [3.05, 3.63) is 0 Å². The highest BCUT2D eigenvalue weighted by molar-refractivity contribution is 5.11. The number of hydrogen-bond donors (Lipinski definition) is 3. The van der Waals surface area contributed by atoms with Crippen LogP contribution in [0.15, 0.2) is 0 Å².